The summed E-state index contributed by atoms with van der Waals surface area (Å²) in [5.41, 5.74) is 0.605. The van der Waals surface area contributed by atoms with Crippen molar-refractivity contribution in [2.24, 2.45) is 11.8 Å². The molecule has 2 aliphatic heterocycles. The lowest BCUT2D eigenvalue weighted by Gasteiger charge is -2.33. The summed E-state index contributed by atoms with van der Waals surface area (Å²) in [4.78, 5) is 14.6. The second kappa shape index (κ2) is 8.15. The van der Waals surface area contributed by atoms with Crippen LogP contribution in [0.4, 0.5) is 0 Å². The Kier molecular flexibility index (Phi) is 6.48. The predicted molar refractivity (Wildman–Crippen MR) is 94.1 cm³/mol. The van der Waals surface area contributed by atoms with Crippen molar-refractivity contribution in [1.29, 1.82) is 0 Å². The van der Waals surface area contributed by atoms with Gasteiger partial charge in [-0.15, -0.1) is 12.4 Å². The zero-order valence-corrected chi connectivity index (χ0v) is 15.0. The lowest BCUT2D eigenvalue weighted by atomic mass is 9.86. The molecule has 2 aliphatic rings. The van der Waals surface area contributed by atoms with Gasteiger partial charge < -0.3 is 10.2 Å². The number of halogens is 1. The molecule has 0 bridgehead atoms. The van der Waals surface area contributed by atoms with Gasteiger partial charge in [0.2, 0.25) is 0 Å². The molecule has 23 heavy (non-hydrogen) atoms. The fourth-order valence-corrected chi connectivity index (χ4v) is 3.65. The van der Waals surface area contributed by atoms with Crippen LogP contribution in [0.15, 0.2) is 12.3 Å². The van der Waals surface area contributed by atoms with Crippen molar-refractivity contribution in [3.63, 3.8) is 0 Å². The number of likely N-dealkylation sites (tertiary alicyclic amines) is 1. The molecule has 2 saturated heterocycles. The summed E-state index contributed by atoms with van der Waals surface area (Å²) in [5.74, 6) is 1.58. The van der Waals surface area contributed by atoms with Crippen molar-refractivity contribution in [3.05, 3.63) is 18.0 Å². The molecular formula is C17H29ClN4O. The van der Waals surface area contributed by atoms with Crippen LogP contribution in [0.1, 0.15) is 56.1 Å². The summed E-state index contributed by atoms with van der Waals surface area (Å²) < 4.78 is 1.97. The molecule has 2 fully saturated rings. The first kappa shape index (κ1) is 18.3. The van der Waals surface area contributed by atoms with Crippen LogP contribution in [0.3, 0.4) is 0 Å². The summed E-state index contributed by atoms with van der Waals surface area (Å²) >= 11 is 0. The van der Waals surface area contributed by atoms with Crippen LogP contribution in [0.5, 0.6) is 0 Å². The van der Waals surface area contributed by atoms with Crippen molar-refractivity contribution in [2.45, 2.75) is 45.6 Å². The molecule has 1 N–H and O–H groups in total. The van der Waals surface area contributed by atoms with Crippen LogP contribution in [-0.4, -0.2) is 46.8 Å². The van der Waals surface area contributed by atoms with Crippen molar-refractivity contribution >= 4 is 18.3 Å². The number of carbonyl (C=O) groups is 1. The highest BCUT2D eigenvalue weighted by Crippen LogP contribution is 2.25. The summed E-state index contributed by atoms with van der Waals surface area (Å²) in [7, 11) is 0. The second-order valence-electron chi connectivity index (χ2n) is 7.05. The smallest absolute Gasteiger partial charge is 0.274 e. The minimum Gasteiger partial charge on any atom is -0.337 e. The molecule has 5 nitrogen and oxygen atoms in total. The van der Waals surface area contributed by atoms with Gasteiger partial charge in [-0.1, -0.05) is 13.8 Å². The van der Waals surface area contributed by atoms with Gasteiger partial charge in [0.1, 0.15) is 5.69 Å². The van der Waals surface area contributed by atoms with E-state index in [2.05, 4.69) is 24.3 Å². The fourth-order valence-electron chi connectivity index (χ4n) is 3.65. The van der Waals surface area contributed by atoms with E-state index in [9.17, 15) is 4.79 Å². The lowest BCUT2D eigenvalue weighted by molar-refractivity contribution is 0.0660. The average molecular weight is 341 g/mol. The number of nitrogens with one attached hydrogen (secondary N) is 1. The van der Waals surface area contributed by atoms with Gasteiger partial charge in [-0.25, -0.2) is 0 Å². The first-order valence-corrected chi connectivity index (χ1v) is 8.70. The molecule has 0 saturated carbocycles. The Labute approximate surface area is 145 Å². The normalized spacial score (nSPS) is 22.9. The molecule has 1 atom stereocenters. The van der Waals surface area contributed by atoms with Crippen LogP contribution in [0.25, 0.3) is 0 Å². The Morgan fingerprint density at radius 1 is 1.30 bits per heavy atom. The molecule has 3 heterocycles. The largest absolute Gasteiger partial charge is 0.337 e. The third-order valence-corrected chi connectivity index (χ3v) is 5.24. The van der Waals surface area contributed by atoms with Gasteiger partial charge in [-0.3, -0.25) is 9.48 Å². The third-order valence-electron chi connectivity index (χ3n) is 5.24. The number of nitrogens with zero attached hydrogens (tertiary/aromatic N) is 3. The first-order valence-electron chi connectivity index (χ1n) is 8.70. The molecule has 130 valence electrons. The molecule has 1 unspecified atom stereocenters. The van der Waals surface area contributed by atoms with Gasteiger partial charge >= 0.3 is 0 Å². The number of carbonyl (C=O) groups excluding carboxylic acids is 1. The zero-order chi connectivity index (χ0) is 15.5. The van der Waals surface area contributed by atoms with Crippen molar-refractivity contribution in [1.82, 2.24) is 20.0 Å². The van der Waals surface area contributed by atoms with Crippen molar-refractivity contribution in [2.75, 3.05) is 26.2 Å². The van der Waals surface area contributed by atoms with Crippen LogP contribution < -0.4 is 5.32 Å². The Hall–Kier alpha value is -1.07. The van der Waals surface area contributed by atoms with Gasteiger partial charge in [0.25, 0.3) is 5.91 Å². The summed E-state index contributed by atoms with van der Waals surface area (Å²) in [6.45, 7) is 8.35. The highest BCUT2D eigenvalue weighted by molar-refractivity contribution is 5.92. The van der Waals surface area contributed by atoms with Crippen LogP contribution in [0, 0.1) is 11.8 Å². The van der Waals surface area contributed by atoms with E-state index >= 15 is 0 Å². The Morgan fingerprint density at radius 2 is 2.04 bits per heavy atom. The number of hydrogen-bond acceptors (Lipinski definition) is 3. The predicted octanol–water partition coefficient (Wildman–Crippen LogP) is 2.74. The average Bonchev–Trinajstić information content (AvgIpc) is 3.05. The summed E-state index contributed by atoms with van der Waals surface area (Å²) in [6.07, 6.45) is 6.53. The van der Waals surface area contributed by atoms with E-state index in [0.717, 1.165) is 57.3 Å². The van der Waals surface area contributed by atoms with E-state index in [1.165, 1.54) is 6.42 Å². The van der Waals surface area contributed by atoms with Gasteiger partial charge in [0.05, 0.1) is 6.04 Å². The second-order valence-corrected chi connectivity index (χ2v) is 7.05. The fraction of sp³-hybridized carbons (Fsp3) is 0.765. The van der Waals surface area contributed by atoms with Gasteiger partial charge in [-0.05, 0) is 50.1 Å². The van der Waals surface area contributed by atoms with Crippen molar-refractivity contribution < 1.29 is 4.79 Å². The molecule has 6 heteroatoms. The van der Waals surface area contributed by atoms with Crippen LogP contribution in [0.2, 0.25) is 0 Å². The van der Waals surface area contributed by atoms with Gasteiger partial charge in [0, 0.05) is 25.8 Å². The number of hydrogen-bond donors (Lipinski definition) is 1. The maximum atomic E-state index is 12.6. The monoisotopic (exact) mass is 340 g/mol. The Balaban J connectivity index is 0.00000192. The molecule has 1 aromatic rings. The molecule has 1 amide bonds. The van der Waals surface area contributed by atoms with E-state index in [1.807, 2.05) is 21.8 Å². The summed E-state index contributed by atoms with van der Waals surface area (Å²) in [5, 5.41) is 7.94. The van der Waals surface area contributed by atoms with E-state index in [4.69, 9.17) is 0 Å². The molecule has 0 aliphatic carbocycles. The van der Waals surface area contributed by atoms with Crippen LogP contribution in [-0.2, 0) is 0 Å². The molecular weight excluding hydrogens is 312 g/mol. The number of rotatable bonds is 3. The minimum atomic E-state index is 0. The molecule has 1 aromatic heterocycles. The SMILES string of the molecule is CC(C)C1CCN(C(=O)c2ccn(C3CCCNC3)n2)CC1.Cl. The highest BCUT2D eigenvalue weighted by atomic mass is 35.5. The van der Waals surface area contributed by atoms with Gasteiger partial charge in [-0.2, -0.15) is 5.10 Å². The third kappa shape index (κ3) is 4.27. The standard InChI is InChI=1S/C17H28N4O.ClH/c1-13(2)14-5-9-20(10-6-14)17(22)16-7-11-21(19-16)15-4-3-8-18-12-15;/h7,11,13-15,18H,3-6,8-10,12H2,1-2H3;1H. The Morgan fingerprint density at radius 3 is 2.65 bits per heavy atom. The molecule has 0 spiro atoms. The molecule has 0 aromatic carbocycles. The maximum absolute atomic E-state index is 12.6. The van der Waals surface area contributed by atoms with Crippen molar-refractivity contribution in [3.8, 4) is 0 Å². The van der Waals surface area contributed by atoms with Crippen LogP contribution >= 0.6 is 12.4 Å². The Bertz CT molecular complexity index is 502. The zero-order valence-electron chi connectivity index (χ0n) is 14.2. The van der Waals surface area contributed by atoms with E-state index in [0.29, 0.717) is 11.7 Å². The maximum Gasteiger partial charge on any atom is 0.274 e. The summed E-state index contributed by atoms with van der Waals surface area (Å²) in [6, 6.07) is 2.27. The van der Waals surface area contributed by atoms with E-state index < -0.39 is 0 Å². The minimum absolute atomic E-state index is 0. The molecule has 0 radical (unpaired) electrons. The lowest BCUT2D eigenvalue weighted by Crippen LogP contribution is -2.39. The van der Waals surface area contributed by atoms with E-state index in [-0.39, 0.29) is 18.3 Å². The molecule has 3 rings (SSSR count). The first-order chi connectivity index (χ1) is 10.6. The van der Waals surface area contributed by atoms with E-state index in [1.54, 1.807) is 0 Å². The number of piperidine rings is 2. The van der Waals surface area contributed by atoms with Gasteiger partial charge in [0.15, 0.2) is 0 Å². The quantitative estimate of drug-likeness (QED) is 0.920. The highest BCUT2D eigenvalue weighted by Gasteiger charge is 2.26. The number of aromatic nitrogens is 2. The topological polar surface area (TPSA) is 50.2 Å². The number of amides is 1.